The zero-order valence-corrected chi connectivity index (χ0v) is 15.5. The molecule has 0 saturated heterocycles. The number of rotatable bonds is 5. The number of aromatic nitrogens is 3. The molecule has 28 heavy (non-hydrogen) atoms. The van der Waals surface area contributed by atoms with Crippen LogP contribution in [0.5, 0.6) is 0 Å². The number of carbonyl (C=O) groups is 1. The average molecular weight is 392 g/mol. The first-order valence-electron chi connectivity index (χ1n) is 8.44. The van der Waals surface area contributed by atoms with Gasteiger partial charge in [-0.2, -0.15) is 5.10 Å². The Hall–Kier alpha value is -3.65. The van der Waals surface area contributed by atoms with E-state index >= 15 is 0 Å². The van der Waals surface area contributed by atoms with Gasteiger partial charge >= 0.3 is 0 Å². The largest absolute Gasteiger partial charge is 0.324 e. The highest BCUT2D eigenvalue weighted by molar-refractivity contribution is 7.90. The number of hydrogen-bond acceptors (Lipinski definition) is 4. The summed E-state index contributed by atoms with van der Waals surface area (Å²) in [4.78, 5) is 12.4. The van der Waals surface area contributed by atoms with Crippen molar-refractivity contribution < 1.29 is 13.2 Å². The summed E-state index contributed by atoms with van der Waals surface area (Å²) >= 11 is 0. The maximum atomic E-state index is 12.5. The van der Waals surface area contributed by atoms with Crippen molar-refractivity contribution in [1.82, 2.24) is 19.1 Å². The highest BCUT2D eigenvalue weighted by atomic mass is 32.2. The zero-order valence-electron chi connectivity index (χ0n) is 14.6. The Balaban J connectivity index is 1.51. The van der Waals surface area contributed by atoms with Crippen molar-refractivity contribution in [3.63, 3.8) is 0 Å². The fraction of sp³-hybridized carbons (Fsp3) is 0. The monoisotopic (exact) mass is 392 g/mol. The Bertz CT molecular complexity index is 1200. The van der Waals surface area contributed by atoms with Crippen LogP contribution in [-0.2, 0) is 10.0 Å². The number of nitrogens with one attached hydrogen (secondary N) is 1. The molecule has 4 aromatic rings. The number of hydrogen-bond donors (Lipinski definition) is 1. The van der Waals surface area contributed by atoms with Gasteiger partial charge in [-0.1, -0.05) is 18.2 Å². The molecule has 0 aliphatic rings. The molecule has 2 aromatic carbocycles. The van der Waals surface area contributed by atoms with Gasteiger partial charge in [0.15, 0.2) is 0 Å². The lowest BCUT2D eigenvalue weighted by Gasteiger charge is -2.07. The van der Waals surface area contributed by atoms with E-state index in [0.29, 0.717) is 0 Å². The maximum absolute atomic E-state index is 12.5. The molecule has 2 heterocycles. The van der Waals surface area contributed by atoms with Crippen LogP contribution in [0.25, 0.3) is 11.4 Å². The van der Waals surface area contributed by atoms with Crippen LogP contribution in [0.1, 0.15) is 10.4 Å². The summed E-state index contributed by atoms with van der Waals surface area (Å²) in [6.07, 6.45) is 6.52. The Morgan fingerprint density at radius 2 is 1.54 bits per heavy atom. The van der Waals surface area contributed by atoms with E-state index in [4.69, 9.17) is 0 Å². The fourth-order valence-electron chi connectivity index (χ4n) is 2.71. The summed E-state index contributed by atoms with van der Waals surface area (Å²) in [6.45, 7) is 0. The summed E-state index contributed by atoms with van der Waals surface area (Å²) < 4.78 is 30.5. The predicted molar refractivity (Wildman–Crippen MR) is 104 cm³/mol. The van der Waals surface area contributed by atoms with Gasteiger partial charge in [0.05, 0.1) is 22.3 Å². The number of amides is 1. The molecule has 4 rings (SSSR count). The molecular weight excluding hydrogens is 376 g/mol. The molecule has 1 N–H and O–H groups in total. The molecule has 0 aliphatic carbocycles. The van der Waals surface area contributed by atoms with Gasteiger partial charge in [0.1, 0.15) is 0 Å². The van der Waals surface area contributed by atoms with E-state index in [-0.39, 0.29) is 10.5 Å². The fourth-order valence-corrected chi connectivity index (χ4v) is 3.68. The molecule has 0 fully saturated rings. The Morgan fingerprint density at radius 1 is 0.857 bits per heavy atom. The Morgan fingerprint density at radius 3 is 2.21 bits per heavy atom. The second-order valence-corrected chi connectivity index (χ2v) is 7.71. The molecule has 0 atom stereocenters. The number of benzene rings is 2. The number of nitrogens with zero attached hydrogens (tertiary/aromatic N) is 3. The lowest BCUT2D eigenvalue weighted by molar-refractivity contribution is 0.0981. The molecule has 0 aliphatic heterocycles. The molecule has 1 amide bonds. The van der Waals surface area contributed by atoms with Crippen LogP contribution in [-0.4, -0.2) is 28.7 Å². The Labute approximate surface area is 161 Å². The summed E-state index contributed by atoms with van der Waals surface area (Å²) in [6, 6.07) is 19.2. The molecule has 2 aromatic heterocycles. The van der Waals surface area contributed by atoms with Crippen LogP contribution < -0.4 is 4.72 Å². The second kappa shape index (κ2) is 7.16. The van der Waals surface area contributed by atoms with Crippen LogP contribution in [0.3, 0.4) is 0 Å². The quantitative estimate of drug-likeness (QED) is 0.566. The van der Waals surface area contributed by atoms with Crippen molar-refractivity contribution in [3.8, 4) is 11.4 Å². The van der Waals surface area contributed by atoms with E-state index in [9.17, 15) is 13.2 Å². The van der Waals surface area contributed by atoms with Gasteiger partial charge in [-0.3, -0.25) is 4.79 Å². The first-order valence-corrected chi connectivity index (χ1v) is 9.92. The normalized spacial score (nSPS) is 11.3. The molecule has 7 nitrogen and oxygen atoms in total. The Kier molecular flexibility index (Phi) is 4.54. The first-order chi connectivity index (χ1) is 13.5. The van der Waals surface area contributed by atoms with E-state index in [2.05, 4.69) is 9.82 Å². The van der Waals surface area contributed by atoms with Crippen molar-refractivity contribution in [2.75, 3.05) is 0 Å². The number of carbonyl (C=O) groups excluding carboxylic acids is 1. The van der Waals surface area contributed by atoms with Crippen LogP contribution in [0.15, 0.2) is 96.4 Å². The molecule has 0 saturated carbocycles. The SMILES string of the molecule is O=C(NS(=O)(=O)c1ccc(-n2cccc2)cc1)c1cnn(-c2ccccc2)c1. The topological polar surface area (TPSA) is 86.0 Å². The maximum Gasteiger partial charge on any atom is 0.268 e. The molecular formula is C20H16N4O3S. The summed E-state index contributed by atoms with van der Waals surface area (Å²) in [5.74, 6) is -0.739. The standard InChI is InChI=1S/C20H16N4O3S/c25-20(16-14-21-24(15-16)18-6-2-1-3-7-18)22-28(26,27)19-10-8-17(9-11-19)23-12-4-5-13-23/h1-15H,(H,22,25). The molecule has 0 radical (unpaired) electrons. The third kappa shape index (κ3) is 3.58. The lowest BCUT2D eigenvalue weighted by Crippen LogP contribution is -2.30. The van der Waals surface area contributed by atoms with Gasteiger partial charge in [-0.15, -0.1) is 0 Å². The predicted octanol–water partition coefficient (Wildman–Crippen LogP) is 2.78. The van der Waals surface area contributed by atoms with Gasteiger partial charge < -0.3 is 4.57 Å². The van der Waals surface area contributed by atoms with E-state index in [1.54, 1.807) is 12.1 Å². The van der Waals surface area contributed by atoms with Crippen molar-refractivity contribution >= 4 is 15.9 Å². The zero-order chi connectivity index (χ0) is 19.6. The van der Waals surface area contributed by atoms with Gasteiger partial charge in [-0.25, -0.2) is 17.8 Å². The van der Waals surface area contributed by atoms with Gasteiger partial charge in [0, 0.05) is 24.3 Å². The van der Waals surface area contributed by atoms with Crippen LogP contribution in [0.4, 0.5) is 0 Å². The summed E-state index contributed by atoms with van der Waals surface area (Å²) in [5, 5.41) is 4.11. The minimum Gasteiger partial charge on any atom is -0.324 e. The van der Waals surface area contributed by atoms with Crippen LogP contribution >= 0.6 is 0 Å². The van der Waals surface area contributed by atoms with Gasteiger partial charge in [0.25, 0.3) is 15.9 Å². The third-order valence-electron chi connectivity index (χ3n) is 4.14. The van der Waals surface area contributed by atoms with E-state index in [1.807, 2.05) is 59.4 Å². The van der Waals surface area contributed by atoms with E-state index in [1.165, 1.54) is 29.2 Å². The number of sulfonamides is 1. The molecule has 140 valence electrons. The first kappa shape index (κ1) is 17.7. The minimum absolute atomic E-state index is 0.00667. The van der Waals surface area contributed by atoms with Gasteiger partial charge in [0.2, 0.25) is 0 Å². The molecule has 0 spiro atoms. The molecule has 8 heteroatoms. The third-order valence-corrected chi connectivity index (χ3v) is 5.49. The van der Waals surface area contributed by atoms with Crippen molar-refractivity contribution in [2.45, 2.75) is 4.90 Å². The van der Waals surface area contributed by atoms with E-state index in [0.717, 1.165) is 11.4 Å². The molecule has 0 bridgehead atoms. The summed E-state index contributed by atoms with van der Waals surface area (Å²) in [7, 11) is -3.99. The highest BCUT2D eigenvalue weighted by Crippen LogP contribution is 2.15. The van der Waals surface area contributed by atoms with Crippen molar-refractivity contribution in [3.05, 3.63) is 97.1 Å². The van der Waals surface area contributed by atoms with Crippen molar-refractivity contribution in [1.29, 1.82) is 0 Å². The summed E-state index contributed by atoms with van der Waals surface area (Å²) in [5.41, 5.74) is 1.74. The highest BCUT2D eigenvalue weighted by Gasteiger charge is 2.20. The van der Waals surface area contributed by atoms with Crippen LogP contribution in [0, 0.1) is 0 Å². The minimum atomic E-state index is -3.99. The van der Waals surface area contributed by atoms with E-state index < -0.39 is 15.9 Å². The lowest BCUT2D eigenvalue weighted by atomic mass is 10.3. The van der Waals surface area contributed by atoms with Crippen LogP contribution in [0.2, 0.25) is 0 Å². The smallest absolute Gasteiger partial charge is 0.268 e. The van der Waals surface area contributed by atoms with Gasteiger partial charge in [-0.05, 0) is 48.5 Å². The molecule has 0 unspecified atom stereocenters. The second-order valence-electron chi connectivity index (χ2n) is 6.03. The average Bonchev–Trinajstić information content (AvgIpc) is 3.41. The van der Waals surface area contributed by atoms with Crippen molar-refractivity contribution in [2.24, 2.45) is 0 Å². The number of para-hydroxylation sites is 1.